The molecule has 5 nitrogen and oxygen atoms in total. The molecule has 7 heteroatoms. The van der Waals surface area contributed by atoms with Gasteiger partial charge in [0.25, 0.3) is 5.22 Å². The Bertz CT molecular complexity index is 732. The van der Waals surface area contributed by atoms with Crippen molar-refractivity contribution in [3.8, 4) is 11.5 Å². The normalized spacial score (nSPS) is 12.0. The Labute approximate surface area is 151 Å². The van der Waals surface area contributed by atoms with E-state index in [9.17, 15) is 4.79 Å². The smallest absolute Gasteiger partial charge is 0.277 e. The lowest BCUT2D eigenvalue weighted by atomic mass is 10.2. The van der Waals surface area contributed by atoms with E-state index >= 15 is 0 Å². The maximum absolute atomic E-state index is 12.5. The molecule has 0 radical (unpaired) electrons. The fourth-order valence-corrected chi connectivity index (χ4v) is 3.08. The maximum Gasteiger partial charge on any atom is 0.277 e. The maximum atomic E-state index is 12.5. The van der Waals surface area contributed by atoms with Crippen LogP contribution in [-0.4, -0.2) is 39.3 Å². The molecule has 2 aromatic rings. The van der Waals surface area contributed by atoms with E-state index in [4.69, 9.17) is 16.0 Å². The van der Waals surface area contributed by atoms with Gasteiger partial charge >= 0.3 is 0 Å². The Morgan fingerprint density at radius 2 is 2.21 bits per heavy atom. The van der Waals surface area contributed by atoms with Crippen LogP contribution in [0.3, 0.4) is 0 Å². The number of amides is 1. The van der Waals surface area contributed by atoms with E-state index in [-0.39, 0.29) is 11.2 Å². The monoisotopic (exact) mass is 365 g/mol. The highest BCUT2D eigenvalue weighted by Gasteiger charge is 2.23. The molecular weight excluding hydrogens is 346 g/mol. The van der Waals surface area contributed by atoms with Crippen molar-refractivity contribution in [1.82, 2.24) is 15.1 Å². The predicted octanol–water partition coefficient (Wildman–Crippen LogP) is 4.30. The molecule has 1 unspecified atom stereocenters. The van der Waals surface area contributed by atoms with E-state index in [0.29, 0.717) is 29.2 Å². The molecule has 0 aliphatic rings. The molecule has 0 saturated carbocycles. The van der Waals surface area contributed by atoms with Gasteiger partial charge in [-0.05, 0) is 39.0 Å². The first-order valence-electron chi connectivity index (χ1n) is 7.60. The fourth-order valence-electron chi connectivity index (χ4n) is 2.13. The number of benzene rings is 1. The molecule has 0 spiro atoms. The lowest BCUT2D eigenvalue weighted by molar-refractivity contribution is -0.129. The second-order valence-electron chi connectivity index (χ2n) is 5.45. The minimum absolute atomic E-state index is 0.0213. The minimum atomic E-state index is -0.322. The van der Waals surface area contributed by atoms with Crippen molar-refractivity contribution in [2.45, 2.75) is 31.2 Å². The highest BCUT2D eigenvalue weighted by atomic mass is 35.5. The van der Waals surface area contributed by atoms with Crippen molar-refractivity contribution < 1.29 is 9.21 Å². The van der Waals surface area contributed by atoms with Gasteiger partial charge in [-0.15, -0.1) is 10.2 Å². The van der Waals surface area contributed by atoms with Crippen molar-refractivity contribution >= 4 is 29.3 Å². The number of carbonyl (C=O) groups excluding carboxylic acids is 1. The van der Waals surface area contributed by atoms with Crippen LogP contribution in [0.2, 0.25) is 5.02 Å². The Morgan fingerprint density at radius 1 is 1.46 bits per heavy atom. The summed E-state index contributed by atoms with van der Waals surface area (Å²) in [7, 11) is 0. The molecule has 1 amide bonds. The van der Waals surface area contributed by atoms with E-state index in [1.165, 1.54) is 11.8 Å². The van der Waals surface area contributed by atoms with Crippen LogP contribution in [-0.2, 0) is 4.79 Å². The number of thioether (sulfide) groups is 1. The van der Waals surface area contributed by atoms with E-state index in [2.05, 4.69) is 16.8 Å². The zero-order valence-electron chi connectivity index (χ0n) is 14.0. The van der Waals surface area contributed by atoms with Crippen molar-refractivity contribution in [3.63, 3.8) is 0 Å². The first-order valence-corrected chi connectivity index (χ1v) is 8.85. The predicted molar refractivity (Wildman–Crippen MR) is 97.1 cm³/mol. The number of rotatable bonds is 7. The average molecular weight is 366 g/mol. The number of hydrogen-bond acceptors (Lipinski definition) is 5. The summed E-state index contributed by atoms with van der Waals surface area (Å²) in [6, 6.07) is 7.19. The largest absolute Gasteiger partial charge is 0.411 e. The van der Waals surface area contributed by atoms with Gasteiger partial charge in [-0.1, -0.05) is 41.6 Å². The highest BCUT2D eigenvalue weighted by molar-refractivity contribution is 8.00. The van der Waals surface area contributed by atoms with Crippen LogP contribution in [0.5, 0.6) is 0 Å². The lowest BCUT2D eigenvalue weighted by Gasteiger charge is -2.23. The quantitative estimate of drug-likeness (QED) is 0.541. The van der Waals surface area contributed by atoms with Crippen LogP contribution >= 0.6 is 23.4 Å². The summed E-state index contributed by atoms with van der Waals surface area (Å²) in [6.07, 6.45) is 0. The molecule has 0 N–H and O–H groups in total. The fraction of sp³-hybridized carbons (Fsp3) is 0.353. The van der Waals surface area contributed by atoms with Gasteiger partial charge in [0, 0.05) is 23.7 Å². The van der Waals surface area contributed by atoms with Crippen LogP contribution in [0.15, 0.2) is 46.1 Å². The Morgan fingerprint density at radius 3 is 2.83 bits per heavy atom. The van der Waals surface area contributed by atoms with Crippen molar-refractivity contribution in [1.29, 1.82) is 0 Å². The van der Waals surface area contributed by atoms with Crippen molar-refractivity contribution in [2.75, 3.05) is 13.1 Å². The summed E-state index contributed by atoms with van der Waals surface area (Å²) < 4.78 is 5.63. The number of aromatic nitrogens is 2. The Hall–Kier alpha value is -1.79. The van der Waals surface area contributed by atoms with Crippen LogP contribution in [0.4, 0.5) is 0 Å². The average Bonchev–Trinajstić information content (AvgIpc) is 3.00. The molecule has 0 aliphatic carbocycles. The molecule has 1 atom stereocenters. The standard InChI is InChI=1S/C17H20ClN3O2S/c1-5-21(10-11(2)3)16(22)12(4)24-17-20-19-15(23-17)13-7-6-8-14(18)9-13/h6-9,12H,2,5,10H2,1,3-4H3. The summed E-state index contributed by atoms with van der Waals surface area (Å²) in [5.74, 6) is 0.405. The molecule has 1 aromatic carbocycles. The summed E-state index contributed by atoms with van der Waals surface area (Å²) >= 11 is 7.22. The SMILES string of the molecule is C=C(C)CN(CC)C(=O)C(C)Sc1nnc(-c2cccc(Cl)c2)o1. The number of halogens is 1. The van der Waals surface area contributed by atoms with Gasteiger partial charge in [-0.2, -0.15) is 0 Å². The minimum Gasteiger partial charge on any atom is -0.411 e. The molecule has 1 heterocycles. The van der Waals surface area contributed by atoms with E-state index in [0.717, 1.165) is 11.1 Å². The molecular formula is C17H20ClN3O2S. The molecule has 1 aromatic heterocycles. The molecule has 24 heavy (non-hydrogen) atoms. The zero-order chi connectivity index (χ0) is 17.7. The number of carbonyl (C=O) groups is 1. The summed E-state index contributed by atoms with van der Waals surface area (Å²) in [4.78, 5) is 14.3. The lowest BCUT2D eigenvalue weighted by Crippen LogP contribution is -2.37. The van der Waals surface area contributed by atoms with Gasteiger partial charge in [0.05, 0.1) is 5.25 Å². The van der Waals surface area contributed by atoms with Crippen molar-refractivity contribution in [2.24, 2.45) is 0 Å². The number of likely N-dealkylation sites (N-methyl/N-ethyl adjacent to an activating group) is 1. The molecule has 2 rings (SSSR count). The Kier molecular flexibility index (Phi) is 6.45. The van der Waals surface area contributed by atoms with E-state index < -0.39 is 0 Å². The third-order valence-corrected chi connectivity index (χ3v) is 4.41. The van der Waals surface area contributed by atoms with Crippen LogP contribution in [0.25, 0.3) is 11.5 Å². The van der Waals surface area contributed by atoms with Crippen LogP contribution in [0.1, 0.15) is 20.8 Å². The van der Waals surface area contributed by atoms with Crippen molar-refractivity contribution in [3.05, 3.63) is 41.4 Å². The zero-order valence-corrected chi connectivity index (χ0v) is 15.5. The molecule has 0 fully saturated rings. The Balaban J connectivity index is 2.06. The third kappa shape index (κ3) is 4.85. The van der Waals surface area contributed by atoms with Gasteiger partial charge in [-0.3, -0.25) is 4.79 Å². The highest BCUT2D eigenvalue weighted by Crippen LogP contribution is 2.28. The second kappa shape index (κ2) is 8.35. The topological polar surface area (TPSA) is 59.2 Å². The number of hydrogen-bond donors (Lipinski definition) is 0. The van der Waals surface area contributed by atoms with Gasteiger partial charge in [0.15, 0.2) is 0 Å². The van der Waals surface area contributed by atoms with Gasteiger partial charge in [0.1, 0.15) is 0 Å². The first kappa shape index (κ1) is 18.5. The summed E-state index contributed by atoms with van der Waals surface area (Å²) in [6.45, 7) is 10.7. The summed E-state index contributed by atoms with van der Waals surface area (Å²) in [5, 5.41) is 8.66. The van der Waals surface area contributed by atoms with E-state index in [1.807, 2.05) is 32.9 Å². The second-order valence-corrected chi connectivity index (χ2v) is 7.18. The molecule has 0 aliphatic heterocycles. The summed E-state index contributed by atoms with van der Waals surface area (Å²) in [5.41, 5.74) is 1.70. The first-order chi connectivity index (χ1) is 11.4. The number of nitrogens with zero attached hydrogens (tertiary/aromatic N) is 3. The van der Waals surface area contributed by atoms with E-state index in [1.54, 1.807) is 17.0 Å². The molecule has 128 valence electrons. The van der Waals surface area contributed by atoms with Gasteiger partial charge in [-0.25, -0.2) is 0 Å². The van der Waals surface area contributed by atoms with Crippen LogP contribution in [0, 0.1) is 0 Å². The third-order valence-electron chi connectivity index (χ3n) is 3.26. The molecule has 0 bridgehead atoms. The van der Waals surface area contributed by atoms with Gasteiger partial charge in [0.2, 0.25) is 11.8 Å². The van der Waals surface area contributed by atoms with Gasteiger partial charge < -0.3 is 9.32 Å². The van der Waals surface area contributed by atoms with Crippen LogP contribution < -0.4 is 0 Å². The molecule has 0 saturated heterocycles.